The van der Waals surface area contributed by atoms with Crippen molar-refractivity contribution in [2.75, 3.05) is 6.61 Å². The fourth-order valence-corrected chi connectivity index (χ4v) is 2.86. The zero-order valence-electron chi connectivity index (χ0n) is 12.4. The van der Waals surface area contributed by atoms with E-state index in [2.05, 4.69) is 31.3 Å². The third kappa shape index (κ3) is 4.07. The standard InChI is InChI=1S/C17H25NO2/c1-12-5-3-4-6-15(12)13(2)11-17(20)18-16(9-10-19)14-7-8-14/h3-6,13-14,16,19H,7-11H2,1-2H3,(H,18,20). The minimum Gasteiger partial charge on any atom is -0.396 e. The molecule has 3 nitrogen and oxygen atoms in total. The highest BCUT2D eigenvalue weighted by Gasteiger charge is 2.31. The number of aryl methyl sites for hydroxylation is 1. The Kier molecular flexibility index (Phi) is 5.18. The van der Waals surface area contributed by atoms with Crippen LogP contribution in [0.2, 0.25) is 0 Å². The third-order valence-electron chi connectivity index (χ3n) is 4.19. The van der Waals surface area contributed by atoms with Crippen LogP contribution in [-0.2, 0) is 4.79 Å². The Bertz CT molecular complexity index is 454. The molecule has 20 heavy (non-hydrogen) atoms. The fraction of sp³-hybridized carbons (Fsp3) is 0.588. The number of amides is 1. The quantitative estimate of drug-likeness (QED) is 0.804. The van der Waals surface area contributed by atoms with Crippen LogP contribution in [0.5, 0.6) is 0 Å². The topological polar surface area (TPSA) is 49.3 Å². The van der Waals surface area contributed by atoms with Crippen molar-refractivity contribution in [2.45, 2.75) is 51.5 Å². The van der Waals surface area contributed by atoms with Crippen LogP contribution in [0, 0.1) is 12.8 Å². The number of hydrogen-bond donors (Lipinski definition) is 2. The average molecular weight is 275 g/mol. The van der Waals surface area contributed by atoms with Gasteiger partial charge in [-0.05, 0) is 49.1 Å². The van der Waals surface area contributed by atoms with Gasteiger partial charge in [0.25, 0.3) is 0 Å². The molecule has 0 radical (unpaired) electrons. The lowest BCUT2D eigenvalue weighted by Crippen LogP contribution is -2.37. The van der Waals surface area contributed by atoms with Crippen molar-refractivity contribution in [1.82, 2.24) is 5.32 Å². The molecule has 2 unspecified atom stereocenters. The van der Waals surface area contributed by atoms with Gasteiger partial charge < -0.3 is 10.4 Å². The summed E-state index contributed by atoms with van der Waals surface area (Å²) in [4.78, 5) is 12.2. The monoisotopic (exact) mass is 275 g/mol. The van der Waals surface area contributed by atoms with E-state index < -0.39 is 0 Å². The minimum atomic E-state index is 0.103. The second kappa shape index (κ2) is 6.89. The van der Waals surface area contributed by atoms with Gasteiger partial charge in [0.2, 0.25) is 5.91 Å². The zero-order chi connectivity index (χ0) is 14.5. The maximum absolute atomic E-state index is 12.2. The van der Waals surface area contributed by atoms with Crippen molar-refractivity contribution in [3.8, 4) is 0 Å². The maximum atomic E-state index is 12.2. The molecule has 1 aromatic carbocycles. The van der Waals surface area contributed by atoms with Crippen LogP contribution in [0.3, 0.4) is 0 Å². The molecule has 0 aromatic heterocycles. The number of rotatable bonds is 7. The molecule has 0 aliphatic heterocycles. The molecule has 1 aromatic rings. The molecule has 0 heterocycles. The van der Waals surface area contributed by atoms with Gasteiger partial charge >= 0.3 is 0 Å². The molecule has 0 spiro atoms. The van der Waals surface area contributed by atoms with Crippen molar-refractivity contribution in [2.24, 2.45) is 5.92 Å². The Hall–Kier alpha value is -1.35. The molecular weight excluding hydrogens is 250 g/mol. The molecule has 0 bridgehead atoms. The van der Waals surface area contributed by atoms with Crippen molar-refractivity contribution >= 4 is 5.91 Å². The van der Waals surface area contributed by atoms with Crippen LogP contribution in [0.25, 0.3) is 0 Å². The van der Waals surface area contributed by atoms with Gasteiger partial charge in [-0.3, -0.25) is 4.79 Å². The van der Waals surface area contributed by atoms with E-state index in [0.29, 0.717) is 18.8 Å². The molecule has 2 atom stereocenters. The SMILES string of the molecule is Cc1ccccc1C(C)CC(=O)NC(CCO)C1CC1. The molecule has 1 saturated carbocycles. The number of carbonyl (C=O) groups is 1. The van der Waals surface area contributed by atoms with Crippen LogP contribution < -0.4 is 5.32 Å². The molecular formula is C17H25NO2. The molecule has 1 fully saturated rings. The van der Waals surface area contributed by atoms with Crippen LogP contribution >= 0.6 is 0 Å². The average Bonchev–Trinajstić information content (AvgIpc) is 3.22. The number of carbonyl (C=O) groups excluding carboxylic acids is 1. The minimum absolute atomic E-state index is 0.103. The number of aliphatic hydroxyl groups excluding tert-OH is 1. The van der Waals surface area contributed by atoms with Gasteiger partial charge in [-0.15, -0.1) is 0 Å². The summed E-state index contributed by atoms with van der Waals surface area (Å²) in [5, 5.41) is 12.2. The highest BCUT2D eigenvalue weighted by Crippen LogP contribution is 2.34. The lowest BCUT2D eigenvalue weighted by atomic mass is 9.93. The molecule has 1 amide bonds. The Balaban J connectivity index is 1.88. The smallest absolute Gasteiger partial charge is 0.220 e. The van der Waals surface area contributed by atoms with Crippen LogP contribution in [0.15, 0.2) is 24.3 Å². The van der Waals surface area contributed by atoms with E-state index in [1.807, 2.05) is 12.1 Å². The number of hydrogen-bond acceptors (Lipinski definition) is 2. The first-order chi connectivity index (χ1) is 9.61. The second-order valence-electron chi connectivity index (χ2n) is 5.99. The van der Waals surface area contributed by atoms with E-state index in [0.717, 1.165) is 0 Å². The lowest BCUT2D eigenvalue weighted by Gasteiger charge is -2.19. The summed E-state index contributed by atoms with van der Waals surface area (Å²) >= 11 is 0. The molecule has 1 aliphatic carbocycles. The van der Waals surface area contributed by atoms with E-state index in [4.69, 9.17) is 5.11 Å². The van der Waals surface area contributed by atoms with Crippen molar-refractivity contribution in [3.63, 3.8) is 0 Å². The predicted octanol–water partition coefficient (Wildman–Crippen LogP) is 2.77. The van der Waals surface area contributed by atoms with Crippen LogP contribution in [0.4, 0.5) is 0 Å². The van der Waals surface area contributed by atoms with E-state index in [1.54, 1.807) is 0 Å². The van der Waals surface area contributed by atoms with E-state index in [1.165, 1.54) is 24.0 Å². The van der Waals surface area contributed by atoms with Gasteiger partial charge in [0.15, 0.2) is 0 Å². The van der Waals surface area contributed by atoms with E-state index >= 15 is 0 Å². The number of nitrogens with one attached hydrogen (secondary N) is 1. The van der Waals surface area contributed by atoms with Crippen molar-refractivity contribution in [3.05, 3.63) is 35.4 Å². The Morgan fingerprint density at radius 2 is 2.10 bits per heavy atom. The van der Waals surface area contributed by atoms with Gasteiger partial charge in [0.1, 0.15) is 0 Å². The maximum Gasteiger partial charge on any atom is 0.220 e. The van der Waals surface area contributed by atoms with E-state index in [-0.39, 0.29) is 24.5 Å². The Morgan fingerprint density at radius 1 is 1.40 bits per heavy atom. The lowest BCUT2D eigenvalue weighted by molar-refractivity contribution is -0.122. The highest BCUT2D eigenvalue weighted by molar-refractivity contribution is 5.77. The first-order valence-electron chi connectivity index (χ1n) is 7.57. The summed E-state index contributed by atoms with van der Waals surface area (Å²) < 4.78 is 0. The summed E-state index contributed by atoms with van der Waals surface area (Å²) in [7, 11) is 0. The van der Waals surface area contributed by atoms with Crippen molar-refractivity contribution < 1.29 is 9.90 Å². The van der Waals surface area contributed by atoms with Crippen LogP contribution in [-0.4, -0.2) is 23.7 Å². The molecule has 2 N–H and O–H groups in total. The summed E-state index contributed by atoms with van der Waals surface area (Å²) in [5.41, 5.74) is 2.48. The first-order valence-corrected chi connectivity index (χ1v) is 7.57. The fourth-order valence-electron chi connectivity index (χ4n) is 2.86. The highest BCUT2D eigenvalue weighted by atomic mass is 16.3. The molecule has 110 valence electrons. The van der Waals surface area contributed by atoms with Crippen molar-refractivity contribution in [1.29, 1.82) is 0 Å². The molecule has 2 rings (SSSR count). The largest absolute Gasteiger partial charge is 0.396 e. The summed E-state index contributed by atoms with van der Waals surface area (Å²) in [6.07, 6.45) is 3.55. The zero-order valence-corrected chi connectivity index (χ0v) is 12.4. The second-order valence-corrected chi connectivity index (χ2v) is 5.99. The van der Waals surface area contributed by atoms with Gasteiger partial charge in [0.05, 0.1) is 0 Å². The molecule has 0 saturated heterocycles. The van der Waals surface area contributed by atoms with E-state index in [9.17, 15) is 4.79 Å². The van der Waals surface area contributed by atoms with Gasteiger partial charge in [-0.25, -0.2) is 0 Å². The Morgan fingerprint density at radius 3 is 2.70 bits per heavy atom. The van der Waals surface area contributed by atoms with Gasteiger partial charge in [0, 0.05) is 19.1 Å². The summed E-state index contributed by atoms with van der Waals surface area (Å²) in [5.74, 6) is 0.913. The summed E-state index contributed by atoms with van der Waals surface area (Å²) in [6, 6.07) is 8.39. The molecule has 3 heteroatoms. The van der Waals surface area contributed by atoms with Crippen LogP contribution in [0.1, 0.15) is 49.7 Å². The number of aliphatic hydroxyl groups is 1. The number of benzene rings is 1. The normalized spacial score (nSPS) is 17.6. The Labute approximate surface area is 121 Å². The third-order valence-corrected chi connectivity index (χ3v) is 4.19. The molecule has 1 aliphatic rings. The predicted molar refractivity (Wildman–Crippen MR) is 80.6 cm³/mol. The van der Waals surface area contributed by atoms with Gasteiger partial charge in [-0.2, -0.15) is 0 Å². The first kappa shape index (κ1) is 15.0. The van der Waals surface area contributed by atoms with Gasteiger partial charge in [-0.1, -0.05) is 31.2 Å². The summed E-state index contributed by atoms with van der Waals surface area (Å²) in [6.45, 7) is 4.33.